The molecule has 3 aliphatic heterocycles. The number of nitrogens with zero attached hydrogens (tertiary/aromatic N) is 2. The highest BCUT2D eigenvalue weighted by molar-refractivity contribution is 6.21. The third-order valence-corrected chi connectivity index (χ3v) is 5.93. The minimum Gasteiger partial charge on any atom is -0.469 e. The van der Waals surface area contributed by atoms with Gasteiger partial charge in [0.05, 0.1) is 5.56 Å². The maximum absolute atomic E-state index is 13.6. The van der Waals surface area contributed by atoms with Crippen LogP contribution in [0.25, 0.3) is 0 Å². The summed E-state index contributed by atoms with van der Waals surface area (Å²) >= 11 is 0. The highest BCUT2D eigenvalue weighted by Crippen LogP contribution is 2.35. The van der Waals surface area contributed by atoms with Gasteiger partial charge in [0.2, 0.25) is 6.79 Å². The lowest BCUT2D eigenvalue weighted by Crippen LogP contribution is -2.57. The van der Waals surface area contributed by atoms with E-state index in [1.165, 1.54) is 21.6 Å². The Morgan fingerprint density at radius 2 is 1.67 bits per heavy atom. The number of hydrogen-bond donors (Lipinski definition) is 0. The van der Waals surface area contributed by atoms with Gasteiger partial charge in [-0.2, -0.15) is 14.3 Å². The van der Waals surface area contributed by atoms with Gasteiger partial charge in [-0.25, -0.2) is 9.18 Å². The number of carbonyl (C=O) groups is 2. The Bertz CT molecular complexity index is 1330. The predicted octanol–water partition coefficient (Wildman–Crippen LogP) is 3.48. The SMILES string of the molecule is O=C1C2Oc3ccccc3C2=[N+](Cc2ccc(F)cc2)C(=O)N1Cc1ccc2c(c1)OCO2. The first-order valence-corrected chi connectivity index (χ1v) is 10.5. The number of para-hydroxylation sites is 1. The molecular weight excluding hydrogens is 427 g/mol. The molecule has 1 atom stereocenters. The maximum atomic E-state index is 13.6. The summed E-state index contributed by atoms with van der Waals surface area (Å²) in [5.74, 6) is 0.956. The normalized spacial score (nSPS) is 18.3. The lowest BCUT2D eigenvalue weighted by Gasteiger charge is -2.24. The smallest absolute Gasteiger partial charge is 0.469 e. The molecule has 3 heterocycles. The molecule has 3 aromatic rings. The first-order chi connectivity index (χ1) is 16.1. The van der Waals surface area contributed by atoms with Gasteiger partial charge in [-0.1, -0.05) is 30.3 Å². The Kier molecular flexibility index (Phi) is 4.39. The van der Waals surface area contributed by atoms with Gasteiger partial charge in [0.1, 0.15) is 24.7 Å². The van der Waals surface area contributed by atoms with Crippen molar-refractivity contribution in [1.82, 2.24) is 4.90 Å². The number of carbonyl (C=O) groups excluding carboxylic acids is 2. The summed E-state index contributed by atoms with van der Waals surface area (Å²) in [5.41, 5.74) is 2.67. The molecule has 1 unspecified atom stereocenters. The monoisotopic (exact) mass is 445 g/mol. The molecule has 0 saturated carbocycles. The minimum atomic E-state index is -0.936. The van der Waals surface area contributed by atoms with Crippen molar-refractivity contribution < 1.29 is 32.8 Å². The van der Waals surface area contributed by atoms with Gasteiger partial charge in [0.15, 0.2) is 17.2 Å². The van der Waals surface area contributed by atoms with Crippen LogP contribution in [0.5, 0.6) is 17.2 Å². The molecule has 0 N–H and O–H groups in total. The van der Waals surface area contributed by atoms with Crippen molar-refractivity contribution in [2.45, 2.75) is 19.2 Å². The number of ether oxygens (including phenoxy) is 3. The Balaban J connectivity index is 1.41. The van der Waals surface area contributed by atoms with E-state index < -0.39 is 18.0 Å². The van der Waals surface area contributed by atoms with Crippen molar-refractivity contribution in [2.75, 3.05) is 6.79 Å². The van der Waals surface area contributed by atoms with Crippen molar-refractivity contribution in [3.63, 3.8) is 0 Å². The number of rotatable bonds is 4. The largest absolute Gasteiger partial charge is 0.501 e. The van der Waals surface area contributed by atoms with Crippen LogP contribution in [0.1, 0.15) is 16.7 Å². The van der Waals surface area contributed by atoms with E-state index in [1.54, 1.807) is 36.4 Å². The van der Waals surface area contributed by atoms with E-state index in [9.17, 15) is 14.0 Å². The Morgan fingerprint density at radius 1 is 0.909 bits per heavy atom. The van der Waals surface area contributed by atoms with E-state index in [-0.39, 0.29) is 25.7 Å². The molecule has 7 nitrogen and oxygen atoms in total. The van der Waals surface area contributed by atoms with Crippen molar-refractivity contribution in [1.29, 1.82) is 0 Å². The van der Waals surface area contributed by atoms with Gasteiger partial charge in [-0.3, -0.25) is 0 Å². The highest BCUT2D eigenvalue weighted by atomic mass is 19.1. The van der Waals surface area contributed by atoms with Crippen molar-refractivity contribution in [3.8, 4) is 17.2 Å². The molecule has 8 heteroatoms. The summed E-state index contributed by atoms with van der Waals surface area (Å²) in [6, 6.07) is 18.0. The van der Waals surface area contributed by atoms with Crippen LogP contribution in [0, 0.1) is 5.82 Å². The van der Waals surface area contributed by atoms with E-state index in [0.717, 1.165) is 11.1 Å². The van der Waals surface area contributed by atoms with Crippen LogP contribution in [0.2, 0.25) is 0 Å². The number of amides is 3. The molecular formula is C25H18FN2O5+. The molecule has 0 aliphatic carbocycles. The van der Waals surface area contributed by atoms with Gasteiger partial charge < -0.3 is 14.2 Å². The van der Waals surface area contributed by atoms with E-state index in [1.807, 2.05) is 18.2 Å². The molecule has 0 aromatic heterocycles. The van der Waals surface area contributed by atoms with Crippen molar-refractivity contribution in [2.24, 2.45) is 0 Å². The van der Waals surface area contributed by atoms with Crippen LogP contribution in [-0.4, -0.2) is 40.0 Å². The van der Waals surface area contributed by atoms with Crippen LogP contribution in [-0.2, 0) is 17.9 Å². The summed E-state index contributed by atoms with van der Waals surface area (Å²) in [6.07, 6.45) is -0.936. The lowest BCUT2D eigenvalue weighted by atomic mass is 10.0. The van der Waals surface area contributed by atoms with Crippen LogP contribution < -0.4 is 14.2 Å². The quantitative estimate of drug-likeness (QED) is 0.576. The number of urea groups is 1. The minimum absolute atomic E-state index is 0.0533. The van der Waals surface area contributed by atoms with Gasteiger partial charge >= 0.3 is 11.9 Å². The van der Waals surface area contributed by atoms with Gasteiger partial charge in [-0.15, -0.1) is 0 Å². The number of hydrogen-bond acceptors (Lipinski definition) is 5. The van der Waals surface area contributed by atoms with Crippen LogP contribution in [0.4, 0.5) is 9.18 Å². The first kappa shape index (κ1) is 19.5. The highest BCUT2D eigenvalue weighted by Gasteiger charge is 2.53. The second-order valence-corrected chi connectivity index (χ2v) is 7.99. The number of imide groups is 1. The zero-order valence-electron chi connectivity index (χ0n) is 17.4. The third-order valence-electron chi connectivity index (χ3n) is 5.93. The fourth-order valence-electron chi connectivity index (χ4n) is 4.34. The molecule has 6 rings (SSSR count). The summed E-state index contributed by atoms with van der Waals surface area (Å²) in [5, 5.41) is 0. The lowest BCUT2D eigenvalue weighted by molar-refractivity contribution is -0.457. The zero-order valence-corrected chi connectivity index (χ0v) is 17.4. The summed E-state index contributed by atoms with van der Waals surface area (Å²) in [4.78, 5) is 28.2. The van der Waals surface area contributed by atoms with E-state index in [4.69, 9.17) is 14.2 Å². The molecule has 0 spiro atoms. The van der Waals surface area contributed by atoms with Crippen molar-refractivity contribution >= 4 is 17.6 Å². The molecule has 33 heavy (non-hydrogen) atoms. The van der Waals surface area contributed by atoms with E-state index >= 15 is 0 Å². The molecule has 0 radical (unpaired) electrons. The Morgan fingerprint density at radius 3 is 2.52 bits per heavy atom. The first-order valence-electron chi connectivity index (χ1n) is 10.5. The molecule has 3 aliphatic rings. The van der Waals surface area contributed by atoms with Crippen molar-refractivity contribution in [3.05, 3.63) is 89.2 Å². The molecule has 0 fully saturated rings. The molecule has 164 valence electrons. The molecule has 3 amide bonds. The van der Waals surface area contributed by atoms with Crippen LogP contribution in [0.15, 0.2) is 66.7 Å². The van der Waals surface area contributed by atoms with E-state index in [0.29, 0.717) is 28.5 Å². The van der Waals surface area contributed by atoms with Crippen LogP contribution >= 0.6 is 0 Å². The fraction of sp³-hybridized carbons (Fsp3) is 0.160. The fourth-order valence-corrected chi connectivity index (χ4v) is 4.34. The predicted molar refractivity (Wildman–Crippen MR) is 114 cm³/mol. The second-order valence-electron chi connectivity index (χ2n) is 7.99. The maximum Gasteiger partial charge on any atom is 0.501 e. The topological polar surface area (TPSA) is 68.1 Å². The van der Waals surface area contributed by atoms with E-state index in [2.05, 4.69) is 0 Å². The second kappa shape index (κ2) is 7.44. The van der Waals surface area contributed by atoms with Gasteiger partial charge in [0.25, 0.3) is 6.10 Å². The standard InChI is InChI=1S/C25H18FN2O5/c26-17-8-5-15(6-9-17)12-27-22-18-3-1-2-4-19(18)33-23(22)24(29)28(25(27)30)13-16-7-10-20-21(11-16)32-14-31-20/h1-11,23H,12-14H2/q+1. The third kappa shape index (κ3) is 3.22. The number of halogens is 1. The van der Waals surface area contributed by atoms with Gasteiger partial charge in [0, 0.05) is 0 Å². The van der Waals surface area contributed by atoms with Crippen LogP contribution in [0.3, 0.4) is 0 Å². The molecule has 3 aromatic carbocycles. The zero-order chi connectivity index (χ0) is 22.5. The number of fused-ring (bicyclic) bond motifs is 4. The van der Waals surface area contributed by atoms with Gasteiger partial charge in [-0.05, 0) is 47.5 Å². The summed E-state index contributed by atoms with van der Waals surface area (Å²) in [6.45, 7) is 0.365. The average molecular weight is 445 g/mol. The Labute approximate surface area is 188 Å². The Hall–Kier alpha value is -4.20. The summed E-state index contributed by atoms with van der Waals surface area (Å²) < 4.78 is 31.7. The molecule has 0 saturated heterocycles. The molecule has 0 bridgehead atoms. The average Bonchev–Trinajstić information content (AvgIpc) is 3.45. The number of benzene rings is 3. The summed E-state index contributed by atoms with van der Waals surface area (Å²) in [7, 11) is 0.